The standard InChI is InChI=1S/C13H17F2NO3/c1-2-4-16-12(13(17)18)3-5-19-11-7-9(14)6-10(15)8-11/h6-8,12,16H,2-5H2,1H3,(H,17,18). The van der Waals surface area contributed by atoms with Crippen molar-refractivity contribution in [1.82, 2.24) is 5.32 Å². The first-order valence-electron chi connectivity index (χ1n) is 6.08. The molecule has 0 saturated heterocycles. The number of carbonyl (C=O) groups is 1. The molecule has 1 aromatic carbocycles. The van der Waals surface area contributed by atoms with E-state index in [-0.39, 0.29) is 18.8 Å². The number of hydrogen-bond acceptors (Lipinski definition) is 3. The summed E-state index contributed by atoms with van der Waals surface area (Å²) in [5.74, 6) is -2.37. The van der Waals surface area contributed by atoms with E-state index in [1.54, 1.807) is 0 Å². The average Bonchev–Trinajstić information content (AvgIpc) is 2.31. The molecule has 1 rings (SSSR count). The number of benzene rings is 1. The van der Waals surface area contributed by atoms with Crippen LogP contribution in [0.3, 0.4) is 0 Å². The predicted octanol–water partition coefficient (Wildman–Crippen LogP) is 2.19. The van der Waals surface area contributed by atoms with Crippen molar-refractivity contribution >= 4 is 5.97 Å². The van der Waals surface area contributed by atoms with Crippen LogP contribution in [0.2, 0.25) is 0 Å². The molecule has 2 N–H and O–H groups in total. The Morgan fingerprint density at radius 3 is 2.53 bits per heavy atom. The molecule has 0 aromatic heterocycles. The van der Waals surface area contributed by atoms with Crippen molar-refractivity contribution in [2.45, 2.75) is 25.8 Å². The number of carboxylic acids is 1. The highest BCUT2D eigenvalue weighted by molar-refractivity contribution is 5.73. The van der Waals surface area contributed by atoms with E-state index in [1.807, 2.05) is 6.92 Å². The van der Waals surface area contributed by atoms with E-state index < -0.39 is 23.6 Å². The van der Waals surface area contributed by atoms with E-state index in [4.69, 9.17) is 9.84 Å². The van der Waals surface area contributed by atoms with Crippen LogP contribution in [-0.2, 0) is 4.79 Å². The van der Waals surface area contributed by atoms with Crippen molar-refractivity contribution in [3.8, 4) is 5.75 Å². The third-order valence-corrected chi connectivity index (χ3v) is 2.45. The van der Waals surface area contributed by atoms with Crippen LogP contribution in [0.25, 0.3) is 0 Å². The molecule has 0 saturated carbocycles. The second-order valence-electron chi connectivity index (χ2n) is 4.09. The minimum Gasteiger partial charge on any atom is -0.493 e. The van der Waals surface area contributed by atoms with Crippen LogP contribution < -0.4 is 10.1 Å². The van der Waals surface area contributed by atoms with Crippen LogP contribution in [0.5, 0.6) is 5.75 Å². The zero-order valence-corrected chi connectivity index (χ0v) is 10.7. The number of carboxylic acid groups (broad SMARTS) is 1. The minimum atomic E-state index is -0.970. The van der Waals surface area contributed by atoms with E-state index in [0.717, 1.165) is 24.6 Å². The first-order valence-corrected chi connectivity index (χ1v) is 6.08. The Labute approximate surface area is 110 Å². The van der Waals surface area contributed by atoms with E-state index >= 15 is 0 Å². The molecule has 1 aromatic rings. The smallest absolute Gasteiger partial charge is 0.320 e. The normalized spacial score (nSPS) is 12.2. The lowest BCUT2D eigenvalue weighted by atomic mass is 10.2. The van der Waals surface area contributed by atoms with Crippen LogP contribution in [0, 0.1) is 11.6 Å². The van der Waals surface area contributed by atoms with Crippen LogP contribution >= 0.6 is 0 Å². The van der Waals surface area contributed by atoms with Gasteiger partial charge in [0.1, 0.15) is 23.4 Å². The van der Waals surface area contributed by atoms with E-state index in [0.29, 0.717) is 6.54 Å². The second kappa shape index (κ2) is 7.68. The molecule has 1 atom stereocenters. The molecule has 4 nitrogen and oxygen atoms in total. The SMILES string of the molecule is CCCNC(CCOc1cc(F)cc(F)c1)C(=O)O. The van der Waals surface area contributed by atoms with Gasteiger partial charge in [0.05, 0.1) is 6.61 Å². The molecule has 0 aliphatic rings. The summed E-state index contributed by atoms with van der Waals surface area (Å²) in [7, 11) is 0. The monoisotopic (exact) mass is 273 g/mol. The van der Waals surface area contributed by atoms with Gasteiger partial charge in [0.25, 0.3) is 0 Å². The minimum absolute atomic E-state index is 0.0529. The fourth-order valence-electron chi connectivity index (χ4n) is 1.54. The Hall–Kier alpha value is -1.69. The molecule has 0 bridgehead atoms. The lowest BCUT2D eigenvalue weighted by Gasteiger charge is -2.14. The first kappa shape index (κ1) is 15.4. The van der Waals surface area contributed by atoms with Gasteiger partial charge in [0, 0.05) is 24.6 Å². The first-order chi connectivity index (χ1) is 9.02. The number of ether oxygens (including phenoxy) is 1. The molecule has 0 aliphatic heterocycles. The fraction of sp³-hybridized carbons (Fsp3) is 0.462. The maximum atomic E-state index is 12.9. The Kier molecular flexibility index (Phi) is 6.21. The Morgan fingerprint density at radius 2 is 2.00 bits per heavy atom. The van der Waals surface area contributed by atoms with Gasteiger partial charge in [-0.05, 0) is 13.0 Å². The quantitative estimate of drug-likeness (QED) is 0.762. The topological polar surface area (TPSA) is 58.6 Å². The summed E-state index contributed by atoms with van der Waals surface area (Å²) >= 11 is 0. The van der Waals surface area contributed by atoms with Gasteiger partial charge >= 0.3 is 5.97 Å². The lowest BCUT2D eigenvalue weighted by molar-refractivity contribution is -0.139. The van der Waals surface area contributed by atoms with Gasteiger partial charge in [-0.25, -0.2) is 8.78 Å². The zero-order chi connectivity index (χ0) is 14.3. The molecule has 1 unspecified atom stereocenters. The van der Waals surface area contributed by atoms with Gasteiger partial charge < -0.3 is 15.2 Å². The molecule has 0 radical (unpaired) electrons. The van der Waals surface area contributed by atoms with Crippen molar-refractivity contribution in [2.75, 3.05) is 13.2 Å². The molecule has 0 spiro atoms. The Balaban J connectivity index is 2.44. The van der Waals surface area contributed by atoms with Gasteiger partial charge in [-0.1, -0.05) is 6.92 Å². The van der Waals surface area contributed by atoms with Crippen molar-refractivity contribution < 1.29 is 23.4 Å². The van der Waals surface area contributed by atoms with Crippen molar-refractivity contribution in [1.29, 1.82) is 0 Å². The molecular formula is C13H17F2NO3. The van der Waals surface area contributed by atoms with E-state index in [1.165, 1.54) is 0 Å². The summed E-state index contributed by atoms with van der Waals surface area (Å²) in [4.78, 5) is 10.9. The summed E-state index contributed by atoms with van der Waals surface area (Å²) in [5.41, 5.74) is 0. The molecule has 6 heteroatoms. The van der Waals surface area contributed by atoms with Gasteiger partial charge in [-0.3, -0.25) is 4.79 Å². The molecular weight excluding hydrogens is 256 g/mol. The number of nitrogens with one attached hydrogen (secondary N) is 1. The molecule has 0 heterocycles. The van der Waals surface area contributed by atoms with Gasteiger partial charge in [0.2, 0.25) is 0 Å². The number of aliphatic carboxylic acids is 1. The summed E-state index contributed by atoms with van der Waals surface area (Å²) in [5, 5.41) is 11.8. The predicted molar refractivity (Wildman–Crippen MR) is 66.2 cm³/mol. The maximum Gasteiger partial charge on any atom is 0.320 e. The summed E-state index contributed by atoms with van der Waals surface area (Å²) in [6.45, 7) is 2.58. The van der Waals surface area contributed by atoms with Gasteiger partial charge in [0.15, 0.2) is 0 Å². The van der Waals surface area contributed by atoms with Crippen LogP contribution in [0.4, 0.5) is 8.78 Å². The molecule has 0 fully saturated rings. The average molecular weight is 273 g/mol. The third-order valence-electron chi connectivity index (χ3n) is 2.45. The largest absolute Gasteiger partial charge is 0.493 e. The molecule has 19 heavy (non-hydrogen) atoms. The highest BCUT2D eigenvalue weighted by atomic mass is 19.1. The van der Waals surface area contributed by atoms with Crippen molar-refractivity contribution in [3.63, 3.8) is 0 Å². The van der Waals surface area contributed by atoms with E-state index in [9.17, 15) is 13.6 Å². The summed E-state index contributed by atoms with van der Waals surface area (Å²) < 4.78 is 30.9. The molecule has 0 amide bonds. The highest BCUT2D eigenvalue weighted by Gasteiger charge is 2.16. The molecule has 106 valence electrons. The second-order valence-corrected chi connectivity index (χ2v) is 4.09. The maximum absolute atomic E-state index is 12.9. The zero-order valence-electron chi connectivity index (χ0n) is 10.7. The number of hydrogen-bond donors (Lipinski definition) is 2. The number of rotatable bonds is 8. The van der Waals surface area contributed by atoms with Crippen LogP contribution in [-0.4, -0.2) is 30.3 Å². The van der Waals surface area contributed by atoms with Gasteiger partial charge in [-0.2, -0.15) is 0 Å². The number of halogens is 2. The van der Waals surface area contributed by atoms with Crippen LogP contribution in [0.15, 0.2) is 18.2 Å². The Morgan fingerprint density at radius 1 is 1.37 bits per heavy atom. The fourth-order valence-corrected chi connectivity index (χ4v) is 1.54. The summed E-state index contributed by atoms with van der Waals surface area (Å²) in [6, 6.07) is 2.13. The van der Waals surface area contributed by atoms with Crippen molar-refractivity contribution in [2.24, 2.45) is 0 Å². The van der Waals surface area contributed by atoms with E-state index in [2.05, 4.69) is 5.32 Å². The molecule has 0 aliphatic carbocycles. The Bertz CT molecular complexity index is 406. The summed E-state index contributed by atoms with van der Waals surface area (Å²) in [6.07, 6.45) is 1.03. The van der Waals surface area contributed by atoms with Crippen molar-refractivity contribution in [3.05, 3.63) is 29.8 Å². The van der Waals surface area contributed by atoms with Gasteiger partial charge in [-0.15, -0.1) is 0 Å². The lowest BCUT2D eigenvalue weighted by Crippen LogP contribution is -2.38. The highest BCUT2D eigenvalue weighted by Crippen LogP contribution is 2.15. The van der Waals surface area contributed by atoms with Crippen LogP contribution in [0.1, 0.15) is 19.8 Å². The third kappa shape index (κ3) is 5.65.